The van der Waals surface area contributed by atoms with Crippen LogP contribution in [0.25, 0.3) is 0 Å². The summed E-state index contributed by atoms with van der Waals surface area (Å²) in [5.41, 5.74) is 7.10. The minimum Gasteiger partial charge on any atom is -0.399 e. The number of rotatable bonds is 3. The van der Waals surface area contributed by atoms with E-state index in [1.54, 1.807) is 24.4 Å². The lowest BCUT2D eigenvalue weighted by Crippen LogP contribution is -2.01. The Hall–Kier alpha value is -2.04. The normalized spacial score (nSPS) is 10.0. The molecule has 0 spiro atoms. The molecular weight excluding hydrogens is 180 g/mol. The van der Waals surface area contributed by atoms with Gasteiger partial charge in [-0.3, -0.25) is 0 Å². The summed E-state index contributed by atoms with van der Waals surface area (Å²) in [6.45, 7) is 0.576. The third-order valence-corrected chi connectivity index (χ3v) is 1.73. The Morgan fingerprint density at radius 2 is 2.36 bits per heavy atom. The molecule has 72 valence electrons. The highest BCUT2D eigenvalue weighted by atomic mass is 16.5. The van der Waals surface area contributed by atoms with Crippen LogP contribution in [0.2, 0.25) is 0 Å². The lowest BCUT2D eigenvalue weighted by atomic mass is 10.4. The van der Waals surface area contributed by atoms with Gasteiger partial charge in [-0.05, 0) is 6.07 Å². The van der Waals surface area contributed by atoms with Crippen molar-refractivity contribution < 1.29 is 4.52 Å². The summed E-state index contributed by atoms with van der Waals surface area (Å²) in [5.74, 6) is 0.730. The van der Waals surface area contributed by atoms with Gasteiger partial charge in [0.15, 0.2) is 0 Å². The molecule has 0 saturated carbocycles. The maximum atomic E-state index is 5.59. The van der Waals surface area contributed by atoms with Crippen LogP contribution in [0.1, 0.15) is 5.69 Å². The first-order chi connectivity index (χ1) is 6.84. The third-order valence-electron chi connectivity index (χ3n) is 1.73. The van der Waals surface area contributed by atoms with Crippen molar-refractivity contribution in [2.45, 2.75) is 6.54 Å². The molecule has 2 heterocycles. The van der Waals surface area contributed by atoms with E-state index in [-0.39, 0.29) is 0 Å². The van der Waals surface area contributed by atoms with Gasteiger partial charge >= 0.3 is 0 Å². The van der Waals surface area contributed by atoms with Crippen LogP contribution in [0, 0.1) is 0 Å². The first kappa shape index (κ1) is 8.55. The first-order valence-corrected chi connectivity index (χ1v) is 4.19. The fraction of sp³-hybridized carbons (Fsp3) is 0.111. The van der Waals surface area contributed by atoms with Crippen LogP contribution < -0.4 is 11.1 Å². The van der Waals surface area contributed by atoms with E-state index in [9.17, 15) is 0 Å². The SMILES string of the molecule is Nc1ccnc(NCc2ccon2)c1. The van der Waals surface area contributed by atoms with Gasteiger partial charge in [-0.2, -0.15) is 0 Å². The summed E-state index contributed by atoms with van der Waals surface area (Å²) >= 11 is 0. The van der Waals surface area contributed by atoms with Crippen molar-refractivity contribution in [3.05, 3.63) is 36.4 Å². The van der Waals surface area contributed by atoms with Crippen LogP contribution in [0.4, 0.5) is 11.5 Å². The molecule has 2 aromatic heterocycles. The molecule has 0 aliphatic carbocycles. The lowest BCUT2D eigenvalue weighted by molar-refractivity contribution is 0.412. The Kier molecular flexibility index (Phi) is 2.31. The average molecular weight is 190 g/mol. The Bertz CT molecular complexity index is 399. The number of nitrogens with two attached hydrogens (primary N) is 1. The van der Waals surface area contributed by atoms with Crippen molar-refractivity contribution >= 4 is 11.5 Å². The molecule has 0 aromatic carbocycles. The fourth-order valence-electron chi connectivity index (χ4n) is 1.05. The number of anilines is 2. The molecule has 14 heavy (non-hydrogen) atoms. The van der Waals surface area contributed by atoms with E-state index in [1.165, 1.54) is 6.26 Å². The second kappa shape index (κ2) is 3.78. The van der Waals surface area contributed by atoms with Crippen LogP contribution in [0.3, 0.4) is 0 Å². The second-order valence-electron chi connectivity index (χ2n) is 2.82. The number of pyridine rings is 1. The van der Waals surface area contributed by atoms with Gasteiger partial charge in [0.25, 0.3) is 0 Å². The predicted octanol–water partition coefficient (Wildman–Crippen LogP) is 1.26. The smallest absolute Gasteiger partial charge is 0.128 e. The standard InChI is InChI=1S/C9H10N4O/c10-7-1-3-11-9(5-7)12-6-8-2-4-14-13-8/h1-5H,6H2,(H3,10,11,12). The number of nitrogen functional groups attached to an aromatic ring is 1. The zero-order valence-corrected chi connectivity index (χ0v) is 7.47. The Balaban J connectivity index is 1.98. The lowest BCUT2D eigenvalue weighted by Gasteiger charge is -2.02. The summed E-state index contributed by atoms with van der Waals surface area (Å²) in [5, 5.41) is 6.83. The molecule has 2 rings (SSSR count). The topological polar surface area (TPSA) is 77.0 Å². The van der Waals surface area contributed by atoms with Gasteiger partial charge in [0, 0.05) is 24.0 Å². The van der Waals surface area contributed by atoms with Crippen LogP contribution in [-0.4, -0.2) is 10.1 Å². The quantitative estimate of drug-likeness (QED) is 0.762. The van der Waals surface area contributed by atoms with Crippen molar-refractivity contribution in [2.75, 3.05) is 11.1 Å². The van der Waals surface area contributed by atoms with E-state index >= 15 is 0 Å². The van der Waals surface area contributed by atoms with Crippen LogP contribution in [-0.2, 0) is 6.54 Å². The van der Waals surface area contributed by atoms with Crippen LogP contribution in [0.5, 0.6) is 0 Å². The first-order valence-electron chi connectivity index (χ1n) is 4.19. The summed E-state index contributed by atoms with van der Waals surface area (Å²) in [6, 6.07) is 5.29. The van der Waals surface area contributed by atoms with E-state index in [4.69, 9.17) is 10.3 Å². The van der Waals surface area contributed by atoms with Gasteiger partial charge in [0.1, 0.15) is 17.8 Å². The highest BCUT2D eigenvalue weighted by molar-refractivity contribution is 5.48. The van der Waals surface area contributed by atoms with Crippen molar-refractivity contribution in [3.8, 4) is 0 Å². The van der Waals surface area contributed by atoms with E-state index in [1.807, 2.05) is 0 Å². The van der Waals surface area contributed by atoms with Gasteiger partial charge < -0.3 is 15.6 Å². The highest BCUT2D eigenvalue weighted by Crippen LogP contribution is 2.08. The van der Waals surface area contributed by atoms with Gasteiger partial charge in [-0.15, -0.1) is 0 Å². The van der Waals surface area contributed by atoms with Crippen LogP contribution >= 0.6 is 0 Å². The molecule has 3 N–H and O–H groups in total. The van der Waals surface area contributed by atoms with Gasteiger partial charge in [0.2, 0.25) is 0 Å². The van der Waals surface area contributed by atoms with E-state index in [0.717, 1.165) is 11.5 Å². The molecule has 0 radical (unpaired) electrons. The largest absolute Gasteiger partial charge is 0.399 e. The van der Waals surface area contributed by atoms with E-state index < -0.39 is 0 Å². The number of aromatic nitrogens is 2. The van der Waals surface area contributed by atoms with Crippen LogP contribution in [0.15, 0.2) is 35.2 Å². The number of hydrogen-bond donors (Lipinski definition) is 2. The predicted molar refractivity (Wildman–Crippen MR) is 52.5 cm³/mol. The fourth-order valence-corrected chi connectivity index (χ4v) is 1.05. The summed E-state index contributed by atoms with van der Waals surface area (Å²) in [7, 11) is 0. The minimum atomic E-state index is 0.576. The summed E-state index contributed by atoms with van der Waals surface area (Å²) in [6.07, 6.45) is 3.18. The molecule has 0 saturated heterocycles. The zero-order valence-electron chi connectivity index (χ0n) is 7.47. The molecule has 0 aliphatic heterocycles. The molecule has 0 bridgehead atoms. The summed E-state index contributed by atoms with van der Waals surface area (Å²) < 4.78 is 4.69. The van der Waals surface area contributed by atoms with Crippen molar-refractivity contribution in [2.24, 2.45) is 0 Å². The minimum absolute atomic E-state index is 0.576. The molecule has 0 atom stereocenters. The number of nitrogens with one attached hydrogen (secondary N) is 1. The van der Waals surface area contributed by atoms with Gasteiger partial charge in [-0.25, -0.2) is 4.98 Å². The van der Waals surface area contributed by atoms with Crippen molar-refractivity contribution in [1.29, 1.82) is 0 Å². The monoisotopic (exact) mass is 190 g/mol. The summed E-state index contributed by atoms with van der Waals surface area (Å²) in [4.78, 5) is 4.09. The van der Waals surface area contributed by atoms with E-state index in [2.05, 4.69) is 15.5 Å². The van der Waals surface area contributed by atoms with Gasteiger partial charge in [-0.1, -0.05) is 5.16 Å². The number of nitrogens with zero attached hydrogens (tertiary/aromatic N) is 2. The molecule has 5 heteroatoms. The maximum absolute atomic E-state index is 5.59. The van der Waals surface area contributed by atoms with E-state index in [0.29, 0.717) is 12.2 Å². The Morgan fingerprint density at radius 3 is 3.07 bits per heavy atom. The molecule has 0 unspecified atom stereocenters. The Morgan fingerprint density at radius 1 is 1.43 bits per heavy atom. The van der Waals surface area contributed by atoms with Gasteiger partial charge in [0.05, 0.1) is 6.54 Å². The molecule has 2 aromatic rings. The molecular formula is C9H10N4O. The molecule has 0 aliphatic rings. The average Bonchev–Trinajstić information content (AvgIpc) is 2.67. The molecule has 5 nitrogen and oxygen atoms in total. The Labute approximate surface area is 80.9 Å². The maximum Gasteiger partial charge on any atom is 0.128 e. The van der Waals surface area contributed by atoms with Crippen molar-refractivity contribution in [3.63, 3.8) is 0 Å². The molecule has 0 fully saturated rings. The second-order valence-corrected chi connectivity index (χ2v) is 2.82. The number of hydrogen-bond acceptors (Lipinski definition) is 5. The third kappa shape index (κ3) is 2.01. The molecule has 0 amide bonds. The highest BCUT2D eigenvalue weighted by Gasteiger charge is 1.97. The van der Waals surface area contributed by atoms with Crippen molar-refractivity contribution in [1.82, 2.24) is 10.1 Å². The zero-order chi connectivity index (χ0) is 9.80.